The predicted molar refractivity (Wildman–Crippen MR) is 311 cm³/mol. The molecular weight excluding hydrogens is 1080 g/mol. The molecule has 0 aromatic heterocycles. The van der Waals surface area contributed by atoms with E-state index < -0.39 is 37.0 Å². The number of carbonyl (C=O) groups excluding carboxylic acids is 4. The Balaban J connectivity index is 0. The number of hydrogen-bond acceptors (Lipinski definition) is 12. The number of ether oxygens (including phenoxy) is 2. The van der Waals surface area contributed by atoms with E-state index in [1.54, 1.807) is 97.1 Å². The van der Waals surface area contributed by atoms with E-state index in [9.17, 15) is 29.1 Å². The number of carboxylic acids is 1. The number of carbonyl (C=O) groups is 5. The smallest absolute Gasteiger partial charge is 0.870 e. The summed E-state index contributed by atoms with van der Waals surface area (Å²) >= 11 is 3.26. The van der Waals surface area contributed by atoms with E-state index in [1.165, 1.54) is 26.6 Å². The number of methoxy groups -OCH3 is 2. The molecule has 2 atom stereocenters. The van der Waals surface area contributed by atoms with Gasteiger partial charge in [0.05, 0.1) is 37.0 Å². The number of esters is 2. The van der Waals surface area contributed by atoms with Gasteiger partial charge in [0, 0.05) is 10.0 Å². The quantitative estimate of drug-likeness (QED) is 0.0282. The molecule has 0 saturated heterocycles. The molecule has 0 radical (unpaired) electrons. The van der Waals surface area contributed by atoms with Crippen molar-refractivity contribution in [2.75, 3.05) is 14.2 Å². The van der Waals surface area contributed by atoms with Gasteiger partial charge in [-0.25, -0.2) is 19.9 Å². The fourth-order valence-electron chi connectivity index (χ4n) is 6.46. The van der Waals surface area contributed by atoms with E-state index in [4.69, 9.17) is 20.4 Å². The number of hydroxylamine groups is 1. The minimum absolute atomic E-state index is 0. The Morgan fingerprint density at radius 1 is 0.481 bits per heavy atom. The Kier molecular flexibility index (Phi) is 37.0. The molecular formula is C61H67BBrN2NaO13. The molecule has 0 aliphatic carbocycles. The van der Waals surface area contributed by atoms with Crippen LogP contribution in [0.2, 0.25) is 0 Å². The fourth-order valence-corrected chi connectivity index (χ4v) is 6.72. The molecule has 2 amide bonds. The van der Waals surface area contributed by atoms with Crippen LogP contribution in [0.4, 0.5) is 0 Å². The first-order valence-electron chi connectivity index (χ1n) is 22.6. The Labute approximate surface area is 493 Å². The molecule has 8 aromatic carbocycles. The number of amides is 2. The van der Waals surface area contributed by atoms with Gasteiger partial charge >= 0.3 is 54.6 Å². The van der Waals surface area contributed by atoms with Crippen molar-refractivity contribution in [3.63, 3.8) is 0 Å². The number of carboxylic acid groups (broad SMARTS) is 1. The Bertz CT molecular complexity index is 2960. The van der Waals surface area contributed by atoms with E-state index in [-0.39, 0.29) is 69.3 Å². The normalized spacial score (nSPS) is 9.97. The number of hydrogen-bond donors (Lipinski definition) is 7. The first kappa shape index (κ1) is 73.5. The standard InChI is InChI=1S/C17H18N2O4.C14H12O2.C13H10O2.C8H7BrO2.C6H7BO2.3CH4.Na.H2O/c1-11(20)15(17(22)19-23)18-16(21)14-9-7-13(8-10-14)12-5-3-2-4-6-12;1-16-14(15)13-9-7-12(8-10-13)11-5-3-2-4-6-11;14-13(15)12-8-6-11(7-9-12)10-4-2-1-3-5-10;1-11-8(10)6-2-4-7(9)5-3-6;8-7(9)6-4-2-1-3-5-6;;;;;/h2-11,15,20,23H,1H3,(H,18,21)(H,19,22);2-10H,1H3;1-9H,(H,14,15);2-5H,1H3;1-5,8-9H;3*1H4;;1H2/q;;;;;;;;+1;/p-1/t11-,15+;;;;;;;;;/m1........./s1. The van der Waals surface area contributed by atoms with E-state index in [0.29, 0.717) is 27.7 Å². The monoisotopic (exact) mass is 1150 g/mol. The zero-order valence-corrected chi connectivity index (χ0v) is 45.5. The van der Waals surface area contributed by atoms with Crippen LogP contribution in [-0.4, -0.2) is 94.2 Å². The van der Waals surface area contributed by atoms with Crippen LogP contribution in [0.15, 0.2) is 223 Å². The van der Waals surface area contributed by atoms with Crippen molar-refractivity contribution in [2.45, 2.75) is 41.3 Å². The van der Waals surface area contributed by atoms with Crippen LogP contribution in [0.5, 0.6) is 0 Å². The van der Waals surface area contributed by atoms with Crippen LogP contribution in [0.25, 0.3) is 33.4 Å². The van der Waals surface area contributed by atoms with Gasteiger partial charge in [-0.05, 0) is 106 Å². The SMILES string of the molecule is C.C.C.COC(=O)c1ccc(-c2ccccc2)cc1.COC(=O)c1ccc(Br)cc1.C[C@@H](O)[C@H](NC(=O)c1ccc(-c2ccccc2)cc1)C(=O)NO.O=C(O)c1ccc(-c2ccccc2)cc1.OB(O)c1ccccc1.[Na+].[OH-]. The molecule has 8 rings (SSSR count). The van der Waals surface area contributed by atoms with Crippen molar-refractivity contribution >= 4 is 58.2 Å². The van der Waals surface area contributed by atoms with Gasteiger partial charge in [-0.15, -0.1) is 0 Å². The average Bonchev–Trinajstić information content (AvgIpc) is 3.45. The molecule has 0 bridgehead atoms. The van der Waals surface area contributed by atoms with Crippen molar-refractivity contribution in [1.82, 2.24) is 10.8 Å². The number of aromatic carboxylic acids is 1. The van der Waals surface area contributed by atoms with Gasteiger partial charge < -0.3 is 40.5 Å². The van der Waals surface area contributed by atoms with Crippen molar-refractivity contribution in [2.24, 2.45) is 0 Å². The molecule has 0 spiro atoms. The van der Waals surface area contributed by atoms with Gasteiger partial charge in [-0.1, -0.05) is 196 Å². The number of halogens is 1. The summed E-state index contributed by atoms with van der Waals surface area (Å²) < 4.78 is 10.1. The van der Waals surface area contributed by atoms with Gasteiger partial charge in [0.2, 0.25) is 0 Å². The number of nitrogens with one attached hydrogen (secondary N) is 2. The molecule has 0 aliphatic heterocycles. The molecule has 8 N–H and O–H groups in total. The first-order valence-corrected chi connectivity index (χ1v) is 23.4. The molecule has 0 heterocycles. The Morgan fingerprint density at radius 3 is 1.05 bits per heavy atom. The molecule has 0 fully saturated rings. The van der Waals surface area contributed by atoms with Crippen molar-refractivity contribution in [1.29, 1.82) is 0 Å². The molecule has 410 valence electrons. The van der Waals surface area contributed by atoms with Gasteiger partial charge in [-0.3, -0.25) is 14.8 Å². The van der Waals surface area contributed by atoms with E-state index in [0.717, 1.165) is 37.9 Å². The number of benzene rings is 8. The predicted octanol–water partition coefficient (Wildman–Crippen LogP) is 7.87. The minimum atomic E-state index is -1.34. The summed E-state index contributed by atoms with van der Waals surface area (Å²) in [5.41, 5.74) is 10.1. The maximum absolute atomic E-state index is 12.1. The molecule has 18 heteroatoms. The number of aliphatic hydroxyl groups is 1. The van der Waals surface area contributed by atoms with Crippen LogP contribution in [0.3, 0.4) is 0 Å². The van der Waals surface area contributed by atoms with Crippen LogP contribution in [0.1, 0.15) is 70.6 Å². The molecule has 15 nitrogen and oxygen atoms in total. The van der Waals surface area contributed by atoms with Crippen molar-refractivity contribution in [3.8, 4) is 33.4 Å². The summed E-state index contributed by atoms with van der Waals surface area (Å²) in [7, 11) is 1.41. The zero-order valence-electron chi connectivity index (χ0n) is 41.9. The van der Waals surface area contributed by atoms with Gasteiger partial charge in [0.25, 0.3) is 11.8 Å². The summed E-state index contributed by atoms with van der Waals surface area (Å²) in [5.74, 6) is -2.90. The maximum Gasteiger partial charge on any atom is 1.00 e. The third-order valence-corrected chi connectivity index (χ3v) is 11.0. The van der Waals surface area contributed by atoms with Gasteiger partial charge in [0.15, 0.2) is 0 Å². The van der Waals surface area contributed by atoms with E-state index in [1.807, 2.05) is 121 Å². The third-order valence-electron chi connectivity index (χ3n) is 10.4. The average molecular weight is 1150 g/mol. The number of aliphatic hydroxyl groups excluding tert-OH is 1. The molecule has 0 unspecified atom stereocenters. The summed E-state index contributed by atoms with van der Waals surface area (Å²) in [6.45, 7) is 1.35. The second-order valence-electron chi connectivity index (χ2n) is 15.6. The zero-order chi connectivity index (χ0) is 53.8. The molecule has 0 aliphatic rings. The van der Waals surface area contributed by atoms with Crippen molar-refractivity contribution < 1.29 is 93.9 Å². The van der Waals surface area contributed by atoms with Crippen LogP contribution >= 0.6 is 15.9 Å². The summed E-state index contributed by atoms with van der Waals surface area (Å²) in [6, 6.07) is 65.1. The molecule has 8 aromatic rings. The molecule has 79 heavy (non-hydrogen) atoms. The van der Waals surface area contributed by atoms with Gasteiger partial charge in [-0.2, -0.15) is 0 Å². The first-order chi connectivity index (χ1) is 35.6. The minimum Gasteiger partial charge on any atom is -0.870 e. The third kappa shape index (κ3) is 25.2. The fraction of sp³-hybridized carbons (Fsp3) is 0.131. The topological polar surface area (TPSA) is 259 Å². The van der Waals surface area contributed by atoms with Gasteiger partial charge in [0.1, 0.15) is 6.04 Å². The molecule has 0 saturated carbocycles. The second-order valence-corrected chi connectivity index (χ2v) is 16.5. The Hall–Kier alpha value is -7.55. The number of rotatable bonds is 11. The van der Waals surface area contributed by atoms with Crippen LogP contribution in [-0.2, 0) is 14.3 Å². The summed E-state index contributed by atoms with van der Waals surface area (Å²) in [4.78, 5) is 56.3. The summed E-state index contributed by atoms with van der Waals surface area (Å²) in [6.07, 6.45) is -1.14. The van der Waals surface area contributed by atoms with E-state index >= 15 is 0 Å². The van der Waals surface area contributed by atoms with Crippen molar-refractivity contribution in [3.05, 3.63) is 245 Å². The Morgan fingerprint density at radius 2 is 0.772 bits per heavy atom. The van der Waals surface area contributed by atoms with Crippen LogP contribution in [0, 0.1) is 0 Å². The second kappa shape index (κ2) is 39.8. The maximum atomic E-state index is 12.1. The largest absolute Gasteiger partial charge is 1.00 e. The van der Waals surface area contributed by atoms with E-state index in [2.05, 4.69) is 30.7 Å². The summed E-state index contributed by atoms with van der Waals surface area (Å²) in [5, 5.41) is 46.4. The van der Waals surface area contributed by atoms with Crippen LogP contribution < -0.4 is 45.8 Å².